The van der Waals surface area contributed by atoms with Crippen LogP contribution in [0.4, 0.5) is 0 Å². The summed E-state index contributed by atoms with van der Waals surface area (Å²) in [6.45, 7) is 3.64. The highest BCUT2D eigenvalue weighted by molar-refractivity contribution is 5.84. The van der Waals surface area contributed by atoms with E-state index in [1.807, 2.05) is 6.07 Å². The molecule has 1 aromatic carbocycles. The van der Waals surface area contributed by atoms with Gasteiger partial charge in [-0.2, -0.15) is 0 Å². The molecule has 1 fully saturated rings. The third-order valence-electron chi connectivity index (χ3n) is 4.06. The van der Waals surface area contributed by atoms with Crippen molar-refractivity contribution in [1.29, 1.82) is 0 Å². The van der Waals surface area contributed by atoms with Crippen molar-refractivity contribution in [2.45, 2.75) is 39.3 Å². The Morgan fingerprint density at radius 2 is 1.95 bits per heavy atom. The van der Waals surface area contributed by atoms with Gasteiger partial charge in [0.15, 0.2) is 0 Å². The lowest BCUT2D eigenvalue weighted by Crippen LogP contribution is -2.40. The molecule has 2 unspecified atom stereocenters. The van der Waals surface area contributed by atoms with Gasteiger partial charge in [-0.15, -0.1) is 0 Å². The summed E-state index contributed by atoms with van der Waals surface area (Å²) in [5, 5.41) is 18.6. The van der Waals surface area contributed by atoms with Gasteiger partial charge in [0.1, 0.15) is 5.75 Å². The predicted molar refractivity (Wildman–Crippen MR) is 77.6 cm³/mol. The number of hydrogen-bond acceptors (Lipinski definition) is 3. The summed E-state index contributed by atoms with van der Waals surface area (Å²) in [7, 11) is 0. The molecule has 1 saturated carbocycles. The van der Waals surface area contributed by atoms with Crippen LogP contribution in [0.25, 0.3) is 0 Å². The molecule has 1 aliphatic rings. The van der Waals surface area contributed by atoms with E-state index in [0.29, 0.717) is 6.54 Å². The van der Waals surface area contributed by atoms with Crippen LogP contribution in [-0.4, -0.2) is 33.0 Å². The lowest BCUT2D eigenvalue weighted by molar-refractivity contribution is -0.149. The van der Waals surface area contributed by atoms with Crippen LogP contribution in [0.15, 0.2) is 24.3 Å². The molecule has 0 heterocycles. The maximum absolute atomic E-state index is 12.6. The average Bonchev–Trinajstić information content (AvgIpc) is 3.27. The Kier molecular flexibility index (Phi) is 4.50. The van der Waals surface area contributed by atoms with E-state index in [4.69, 9.17) is 5.11 Å². The second kappa shape index (κ2) is 6.16. The highest BCUT2D eigenvalue weighted by atomic mass is 16.4. The number of hydrogen-bond donors (Lipinski definition) is 2. The fourth-order valence-electron chi connectivity index (χ4n) is 2.31. The van der Waals surface area contributed by atoms with Crippen molar-refractivity contribution in [3.8, 4) is 5.75 Å². The van der Waals surface area contributed by atoms with Gasteiger partial charge in [0.2, 0.25) is 5.91 Å². The van der Waals surface area contributed by atoms with Gasteiger partial charge in [-0.1, -0.05) is 26.0 Å². The van der Waals surface area contributed by atoms with Gasteiger partial charge in [-0.3, -0.25) is 9.59 Å². The number of rotatable bonds is 6. The zero-order chi connectivity index (χ0) is 15.6. The van der Waals surface area contributed by atoms with Crippen LogP contribution < -0.4 is 0 Å². The molecular formula is C16H21NO4. The molecule has 0 saturated heterocycles. The Bertz CT molecular complexity index is 539. The van der Waals surface area contributed by atoms with Crippen molar-refractivity contribution in [3.63, 3.8) is 0 Å². The van der Waals surface area contributed by atoms with Crippen molar-refractivity contribution >= 4 is 11.9 Å². The Morgan fingerprint density at radius 1 is 1.29 bits per heavy atom. The highest BCUT2D eigenvalue weighted by Gasteiger charge is 2.37. The standard InChI is InChI=1S/C16H21NO4/c1-10(11(2)16(20)21)15(19)17(13-6-7-13)9-12-4-3-5-14(18)8-12/h3-5,8,10-11,13,18H,6-7,9H2,1-2H3,(H,20,21). The van der Waals surface area contributed by atoms with Crippen LogP contribution in [0.5, 0.6) is 5.75 Å². The van der Waals surface area contributed by atoms with Gasteiger partial charge >= 0.3 is 5.97 Å². The van der Waals surface area contributed by atoms with Gasteiger partial charge < -0.3 is 15.1 Å². The lowest BCUT2D eigenvalue weighted by Gasteiger charge is -2.27. The molecule has 1 aromatic rings. The Morgan fingerprint density at radius 3 is 2.48 bits per heavy atom. The van der Waals surface area contributed by atoms with E-state index in [9.17, 15) is 14.7 Å². The van der Waals surface area contributed by atoms with E-state index >= 15 is 0 Å². The number of amides is 1. The van der Waals surface area contributed by atoms with E-state index in [1.165, 1.54) is 0 Å². The summed E-state index contributed by atoms with van der Waals surface area (Å²) >= 11 is 0. The van der Waals surface area contributed by atoms with E-state index in [-0.39, 0.29) is 17.7 Å². The fraction of sp³-hybridized carbons (Fsp3) is 0.500. The normalized spacial score (nSPS) is 17.0. The van der Waals surface area contributed by atoms with Crippen molar-refractivity contribution in [2.24, 2.45) is 11.8 Å². The summed E-state index contributed by atoms with van der Waals surface area (Å²) in [5.41, 5.74) is 0.852. The first-order valence-corrected chi connectivity index (χ1v) is 7.21. The first kappa shape index (κ1) is 15.4. The summed E-state index contributed by atoms with van der Waals surface area (Å²) in [4.78, 5) is 25.4. The first-order valence-electron chi connectivity index (χ1n) is 7.21. The van der Waals surface area contributed by atoms with E-state index in [1.54, 1.807) is 36.9 Å². The van der Waals surface area contributed by atoms with Crippen molar-refractivity contribution < 1.29 is 19.8 Å². The van der Waals surface area contributed by atoms with Crippen LogP contribution in [0.1, 0.15) is 32.3 Å². The van der Waals surface area contributed by atoms with Gasteiger partial charge in [0.25, 0.3) is 0 Å². The third-order valence-corrected chi connectivity index (χ3v) is 4.06. The first-order chi connectivity index (χ1) is 9.90. The molecule has 0 bridgehead atoms. The van der Waals surface area contributed by atoms with Crippen molar-refractivity contribution in [1.82, 2.24) is 4.90 Å². The zero-order valence-electron chi connectivity index (χ0n) is 12.3. The monoisotopic (exact) mass is 291 g/mol. The number of nitrogens with zero attached hydrogens (tertiary/aromatic N) is 1. The van der Waals surface area contributed by atoms with Gasteiger partial charge in [0, 0.05) is 18.5 Å². The average molecular weight is 291 g/mol. The number of aromatic hydroxyl groups is 1. The van der Waals surface area contributed by atoms with Gasteiger partial charge in [0.05, 0.1) is 5.92 Å². The molecule has 0 radical (unpaired) electrons. The minimum Gasteiger partial charge on any atom is -0.508 e. The van der Waals surface area contributed by atoms with Crippen LogP contribution in [0.2, 0.25) is 0 Å². The van der Waals surface area contributed by atoms with Crippen LogP contribution in [-0.2, 0) is 16.1 Å². The van der Waals surface area contributed by atoms with E-state index < -0.39 is 17.8 Å². The molecule has 2 rings (SSSR count). The molecule has 0 aliphatic heterocycles. The molecule has 0 aromatic heterocycles. The topological polar surface area (TPSA) is 77.8 Å². The van der Waals surface area contributed by atoms with Crippen molar-refractivity contribution in [2.75, 3.05) is 0 Å². The number of carbonyl (C=O) groups excluding carboxylic acids is 1. The van der Waals surface area contributed by atoms with Crippen LogP contribution >= 0.6 is 0 Å². The number of phenolic OH excluding ortho intramolecular Hbond substituents is 1. The minimum atomic E-state index is -0.955. The molecule has 5 nitrogen and oxygen atoms in total. The smallest absolute Gasteiger partial charge is 0.307 e. The maximum Gasteiger partial charge on any atom is 0.307 e. The zero-order valence-corrected chi connectivity index (χ0v) is 12.3. The predicted octanol–water partition coefficient (Wildman–Crippen LogP) is 2.24. The number of aliphatic carboxylic acids is 1. The summed E-state index contributed by atoms with van der Waals surface area (Å²) in [6, 6.07) is 7.01. The second-order valence-electron chi connectivity index (χ2n) is 5.78. The molecule has 1 aliphatic carbocycles. The number of carboxylic acids is 1. The lowest BCUT2D eigenvalue weighted by atomic mass is 9.94. The van der Waals surface area contributed by atoms with Crippen molar-refractivity contribution in [3.05, 3.63) is 29.8 Å². The number of benzene rings is 1. The molecule has 21 heavy (non-hydrogen) atoms. The Hall–Kier alpha value is -2.04. The molecule has 2 N–H and O–H groups in total. The Labute approximate surface area is 124 Å². The SMILES string of the molecule is CC(C(=O)O)C(C)C(=O)N(Cc1cccc(O)c1)C1CC1. The molecule has 114 valence electrons. The fourth-order valence-corrected chi connectivity index (χ4v) is 2.31. The van der Waals surface area contributed by atoms with Gasteiger partial charge in [-0.05, 0) is 30.5 Å². The maximum atomic E-state index is 12.6. The van der Waals surface area contributed by atoms with Gasteiger partial charge in [-0.25, -0.2) is 0 Å². The molecule has 0 spiro atoms. The van der Waals surface area contributed by atoms with E-state index in [0.717, 1.165) is 18.4 Å². The number of carbonyl (C=O) groups is 2. The molecular weight excluding hydrogens is 270 g/mol. The number of carboxylic acid groups (broad SMARTS) is 1. The highest BCUT2D eigenvalue weighted by Crippen LogP contribution is 2.31. The Balaban J connectivity index is 2.12. The summed E-state index contributed by atoms with van der Waals surface area (Å²) in [5.74, 6) is -2.18. The quantitative estimate of drug-likeness (QED) is 0.842. The third kappa shape index (κ3) is 3.74. The second-order valence-corrected chi connectivity index (χ2v) is 5.78. The van der Waals surface area contributed by atoms with E-state index in [2.05, 4.69) is 0 Å². The molecule has 1 amide bonds. The summed E-state index contributed by atoms with van der Waals surface area (Å²) in [6.07, 6.45) is 1.91. The number of phenols is 1. The van der Waals surface area contributed by atoms with Crippen LogP contribution in [0, 0.1) is 11.8 Å². The molecule has 5 heteroatoms. The minimum absolute atomic E-state index is 0.129. The molecule has 2 atom stereocenters. The largest absolute Gasteiger partial charge is 0.508 e. The summed E-state index contributed by atoms with van der Waals surface area (Å²) < 4.78 is 0. The van der Waals surface area contributed by atoms with Crippen LogP contribution in [0.3, 0.4) is 0 Å².